The van der Waals surface area contributed by atoms with Gasteiger partial charge in [0.25, 0.3) is 0 Å². The molecule has 0 saturated carbocycles. The summed E-state index contributed by atoms with van der Waals surface area (Å²) in [7, 11) is 1.44. The highest BCUT2D eigenvalue weighted by atomic mass is 16.6. The number of amides is 1. The summed E-state index contributed by atoms with van der Waals surface area (Å²) in [5.74, 6) is 0.487. The maximum absolute atomic E-state index is 13.1. The number of carbonyl (C=O) groups is 2. The highest BCUT2D eigenvalue weighted by molar-refractivity contribution is 5.98. The fraction of sp³-hybridized carbons (Fsp3) is 0.231. The van der Waals surface area contributed by atoms with Crippen LogP contribution < -0.4 is 9.64 Å². The van der Waals surface area contributed by atoms with Gasteiger partial charge in [-0.25, -0.2) is 24.5 Å². The summed E-state index contributed by atoms with van der Waals surface area (Å²) < 4.78 is 17.5. The molecule has 0 N–H and O–H groups in total. The minimum atomic E-state index is -0.717. The van der Waals surface area contributed by atoms with E-state index in [2.05, 4.69) is 26.6 Å². The van der Waals surface area contributed by atoms with Crippen molar-refractivity contribution >= 4 is 34.6 Å². The Morgan fingerprint density at radius 1 is 1.14 bits per heavy atom. The van der Waals surface area contributed by atoms with Gasteiger partial charge in [-0.05, 0) is 39.0 Å². The largest absolute Gasteiger partial charge is 0.491 e. The van der Waals surface area contributed by atoms with Crippen LogP contribution in [0.15, 0.2) is 67.6 Å². The van der Waals surface area contributed by atoms with E-state index in [1.165, 1.54) is 41.4 Å². The van der Waals surface area contributed by atoms with Crippen molar-refractivity contribution in [3.05, 3.63) is 67.6 Å². The summed E-state index contributed by atoms with van der Waals surface area (Å²) in [6.07, 6.45) is 4.60. The van der Waals surface area contributed by atoms with Crippen LogP contribution >= 0.6 is 0 Å². The molecule has 11 heteroatoms. The smallest absolute Gasteiger partial charge is 0.435 e. The van der Waals surface area contributed by atoms with E-state index in [0.717, 1.165) is 0 Å². The lowest BCUT2D eigenvalue weighted by atomic mass is 10.2. The van der Waals surface area contributed by atoms with Crippen LogP contribution in [0.1, 0.15) is 20.8 Å². The first-order chi connectivity index (χ1) is 17.7. The Labute approximate surface area is 213 Å². The SMILES string of the molecule is C=CCOC(=O)N(c1ccncc1)c1nc(-c2nn(C(=O)OC(C)(C)C)c3ccccc23)ncc1OC. The molecule has 4 rings (SSSR count). The topological polar surface area (TPSA) is 122 Å². The molecule has 37 heavy (non-hydrogen) atoms. The lowest BCUT2D eigenvalue weighted by Crippen LogP contribution is -2.28. The van der Waals surface area contributed by atoms with Crippen LogP contribution in [0.25, 0.3) is 22.4 Å². The third kappa shape index (κ3) is 5.40. The zero-order chi connectivity index (χ0) is 26.6. The van der Waals surface area contributed by atoms with E-state index in [1.807, 2.05) is 6.07 Å². The van der Waals surface area contributed by atoms with Gasteiger partial charge in [-0.3, -0.25) is 4.98 Å². The molecular weight excluding hydrogens is 476 g/mol. The van der Waals surface area contributed by atoms with Gasteiger partial charge in [-0.2, -0.15) is 9.78 Å². The predicted molar refractivity (Wildman–Crippen MR) is 137 cm³/mol. The third-order valence-corrected chi connectivity index (χ3v) is 4.96. The van der Waals surface area contributed by atoms with E-state index in [9.17, 15) is 9.59 Å². The van der Waals surface area contributed by atoms with Gasteiger partial charge in [0.05, 0.1) is 24.5 Å². The zero-order valence-corrected chi connectivity index (χ0v) is 20.9. The summed E-state index contributed by atoms with van der Waals surface area (Å²) in [4.78, 5) is 40.3. The van der Waals surface area contributed by atoms with Crippen molar-refractivity contribution in [3.63, 3.8) is 0 Å². The number of aromatic nitrogens is 5. The summed E-state index contributed by atoms with van der Waals surface area (Å²) >= 11 is 0. The van der Waals surface area contributed by atoms with Crippen molar-refractivity contribution in [3.8, 4) is 17.3 Å². The standard InChI is InChI=1S/C26H26N6O5/c1-6-15-36-24(33)31(17-11-13-27-14-12-17)23-20(35-5)16-28-22(29-23)21-18-9-7-8-10-19(18)32(30-21)25(34)37-26(2,3)4/h6-14,16H,1,15H2,2-5H3. The van der Waals surface area contributed by atoms with Gasteiger partial charge in [-0.15, -0.1) is 0 Å². The van der Waals surface area contributed by atoms with E-state index in [1.54, 1.807) is 51.1 Å². The molecular formula is C26H26N6O5. The second kappa shape index (κ2) is 10.4. The Morgan fingerprint density at radius 2 is 1.86 bits per heavy atom. The van der Waals surface area contributed by atoms with Crippen LogP contribution in [0.2, 0.25) is 0 Å². The zero-order valence-electron chi connectivity index (χ0n) is 20.9. The van der Waals surface area contributed by atoms with Crippen molar-refractivity contribution in [1.82, 2.24) is 24.7 Å². The summed E-state index contributed by atoms with van der Waals surface area (Å²) in [6.45, 7) is 8.90. The maximum Gasteiger partial charge on any atom is 0.435 e. The highest BCUT2D eigenvalue weighted by Gasteiger charge is 2.28. The maximum atomic E-state index is 13.1. The lowest BCUT2D eigenvalue weighted by molar-refractivity contribution is 0.0523. The Hall–Kier alpha value is -4.80. The van der Waals surface area contributed by atoms with E-state index < -0.39 is 17.8 Å². The van der Waals surface area contributed by atoms with Gasteiger partial charge < -0.3 is 14.2 Å². The number of para-hydroxylation sites is 1. The number of methoxy groups -OCH3 is 1. The molecule has 0 radical (unpaired) electrons. The second-order valence-corrected chi connectivity index (χ2v) is 8.75. The Kier molecular flexibility index (Phi) is 7.14. The van der Waals surface area contributed by atoms with Crippen LogP contribution in [0.3, 0.4) is 0 Å². The first-order valence-electron chi connectivity index (χ1n) is 11.3. The van der Waals surface area contributed by atoms with Crippen LogP contribution in [0.5, 0.6) is 5.75 Å². The molecule has 0 aliphatic heterocycles. The normalized spacial score (nSPS) is 11.1. The van der Waals surface area contributed by atoms with Gasteiger partial charge in [0.2, 0.25) is 0 Å². The lowest BCUT2D eigenvalue weighted by Gasteiger charge is -2.22. The number of fused-ring (bicyclic) bond motifs is 1. The van der Waals surface area contributed by atoms with Crippen molar-refractivity contribution in [2.24, 2.45) is 0 Å². The van der Waals surface area contributed by atoms with E-state index in [4.69, 9.17) is 14.2 Å². The summed E-state index contributed by atoms with van der Waals surface area (Å²) in [5, 5.41) is 5.10. The predicted octanol–water partition coefficient (Wildman–Crippen LogP) is 5.14. The molecule has 0 fully saturated rings. The van der Waals surface area contributed by atoms with E-state index >= 15 is 0 Å². The number of rotatable bonds is 6. The van der Waals surface area contributed by atoms with Crippen LogP contribution in [-0.4, -0.2) is 56.2 Å². The number of nitrogens with zero attached hydrogens (tertiary/aromatic N) is 6. The number of hydrogen-bond donors (Lipinski definition) is 0. The third-order valence-electron chi connectivity index (χ3n) is 4.96. The van der Waals surface area contributed by atoms with Crippen molar-refractivity contribution in [2.45, 2.75) is 26.4 Å². The molecule has 0 unspecified atom stereocenters. The minimum absolute atomic E-state index is 0.00833. The number of hydrogen-bond acceptors (Lipinski definition) is 9. The summed E-state index contributed by atoms with van der Waals surface area (Å²) in [5.41, 5.74) is 0.560. The number of pyridine rings is 1. The Morgan fingerprint density at radius 3 is 2.54 bits per heavy atom. The molecule has 0 spiro atoms. The Bertz CT molecular complexity index is 1450. The number of benzene rings is 1. The van der Waals surface area contributed by atoms with E-state index in [0.29, 0.717) is 22.3 Å². The first-order valence-corrected chi connectivity index (χ1v) is 11.3. The molecule has 3 heterocycles. The molecule has 4 aromatic rings. The first kappa shape index (κ1) is 25.3. The second-order valence-electron chi connectivity index (χ2n) is 8.75. The minimum Gasteiger partial charge on any atom is -0.491 e. The van der Waals surface area contributed by atoms with Gasteiger partial charge in [-0.1, -0.05) is 30.9 Å². The molecule has 0 aliphatic rings. The molecule has 0 aliphatic carbocycles. The molecule has 0 atom stereocenters. The average molecular weight is 503 g/mol. The van der Waals surface area contributed by atoms with Crippen molar-refractivity contribution in [1.29, 1.82) is 0 Å². The van der Waals surface area contributed by atoms with Gasteiger partial charge >= 0.3 is 12.2 Å². The molecule has 3 aromatic heterocycles. The fourth-order valence-corrected chi connectivity index (χ4v) is 3.46. The molecule has 11 nitrogen and oxygen atoms in total. The van der Waals surface area contributed by atoms with Gasteiger partial charge in [0.1, 0.15) is 17.9 Å². The van der Waals surface area contributed by atoms with Gasteiger partial charge in [0.15, 0.2) is 17.4 Å². The average Bonchev–Trinajstić information content (AvgIpc) is 3.27. The van der Waals surface area contributed by atoms with Crippen LogP contribution in [0, 0.1) is 0 Å². The molecule has 0 bridgehead atoms. The van der Waals surface area contributed by atoms with Crippen molar-refractivity contribution < 1.29 is 23.8 Å². The van der Waals surface area contributed by atoms with Crippen LogP contribution in [-0.2, 0) is 9.47 Å². The van der Waals surface area contributed by atoms with E-state index in [-0.39, 0.29) is 24.0 Å². The molecule has 1 amide bonds. The number of ether oxygens (including phenoxy) is 3. The summed E-state index contributed by atoms with van der Waals surface area (Å²) in [6, 6.07) is 10.4. The monoisotopic (exact) mass is 502 g/mol. The number of anilines is 2. The fourth-order valence-electron chi connectivity index (χ4n) is 3.46. The van der Waals surface area contributed by atoms with Crippen molar-refractivity contribution in [2.75, 3.05) is 18.6 Å². The quantitative estimate of drug-likeness (QED) is 0.330. The van der Waals surface area contributed by atoms with Gasteiger partial charge in [0, 0.05) is 17.8 Å². The molecule has 190 valence electrons. The molecule has 0 saturated heterocycles. The highest BCUT2D eigenvalue weighted by Crippen LogP contribution is 2.35. The number of carbonyl (C=O) groups excluding carboxylic acids is 2. The Balaban J connectivity index is 1.88. The van der Waals surface area contributed by atoms with Crippen LogP contribution in [0.4, 0.5) is 21.1 Å². The molecule has 1 aromatic carbocycles.